The molecular weight excluding hydrogens is 745 g/mol. The van der Waals surface area contributed by atoms with Gasteiger partial charge < -0.3 is 28.8 Å². The number of H-pyrrole nitrogens is 1. The molecule has 10 rings (SSSR count). The van der Waals surface area contributed by atoms with Crippen LogP contribution in [0.4, 0.5) is 0 Å². The maximum Gasteiger partial charge on any atom is 0.330 e. The summed E-state index contributed by atoms with van der Waals surface area (Å²) in [4.78, 5) is 29.1. The molecule has 0 radical (unpaired) electrons. The van der Waals surface area contributed by atoms with E-state index < -0.39 is 40.9 Å². The number of hydrogen-bond acceptors (Lipinski definition) is 8. The molecule has 2 N–H and O–H groups in total. The van der Waals surface area contributed by atoms with Crippen LogP contribution in [0.5, 0.6) is 11.5 Å². The zero-order chi connectivity index (χ0) is 40.3. The van der Waals surface area contributed by atoms with Gasteiger partial charge >= 0.3 is 5.69 Å². The Morgan fingerprint density at radius 2 is 1.32 bits per heavy atom. The van der Waals surface area contributed by atoms with E-state index in [0.717, 1.165) is 54.6 Å². The first kappa shape index (κ1) is 36.6. The van der Waals surface area contributed by atoms with Gasteiger partial charge in [-0.3, -0.25) is 14.3 Å². The zero-order valence-electron chi connectivity index (χ0n) is 32.2. The second-order valence-corrected chi connectivity index (χ2v) is 15.0. The molecular formula is C49H38N2O8. The fraction of sp³-hybridized carbons (Fsp3) is 0.184. The predicted octanol–water partition coefficient (Wildman–Crippen LogP) is 6.89. The molecule has 3 heterocycles. The smallest absolute Gasteiger partial charge is 0.330 e. The average Bonchev–Trinajstić information content (AvgIpc) is 3.74. The third-order valence-electron chi connectivity index (χ3n) is 11.8. The van der Waals surface area contributed by atoms with Crippen LogP contribution in [0, 0.1) is 11.8 Å². The SMILES string of the molecule is COc1ccc(C(OC[C@@]23CO[C@@H]([C@H](n4cc(C#Cc5ccc6ccc7cccc8ccc5c6c78)c(=O)[nH]c4=O)O2)[C@@H]3O)(c2ccccc2)c2ccc(OC)cc2)cc1. The van der Waals surface area contributed by atoms with Crippen LogP contribution >= 0.6 is 0 Å². The molecule has 0 aliphatic carbocycles. The van der Waals surface area contributed by atoms with Crippen LogP contribution in [0.1, 0.15) is 34.0 Å². The van der Waals surface area contributed by atoms with E-state index in [9.17, 15) is 14.7 Å². The van der Waals surface area contributed by atoms with Crippen LogP contribution in [-0.4, -0.2) is 59.9 Å². The largest absolute Gasteiger partial charge is 0.497 e. The fourth-order valence-corrected chi connectivity index (χ4v) is 8.79. The molecule has 59 heavy (non-hydrogen) atoms. The maximum atomic E-state index is 13.5. The topological polar surface area (TPSA) is 121 Å². The van der Waals surface area contributed by atoms with Crippen molar-refractivity contribution in [2.45, 2.75) is 29.6 Å². The van der Waals surface area contributed by atoms with Crippen LogP contribution in [0.3, 0.4) is 0 Å². The van der Waals surface area contributed by atoms with Crippen molar-refractivity contribution in [1.82, 2.24) is 9.55 Å². The van der Waals surface area contributed by atoms with Gasteiger partial charge in [0.25, 0.3) is 5.56 Å². The van der Waals surface area contributed by atoms with Gasteiger partial charge in [-0.2, -0.15) is 0 Å². The number of fused-ring (bicyclic) bond motifs is 2. The predicted molar refractivity (Wildman–Crippen MR) is 224 cm³/mol. The van der Waals surface area contributed by atoms with Crippen molar-refractivity contribution >= 4 is 32.3 Å². The van der Waals surface area contributed by atoms with E-state index in [1.807, 2.05) is 97.1 Å². The lowest BCUT2D eigenvalue weighted by Crippen LogP contribution is -2.48. The van der Waals surface area contributed by atoms with Crippen molar-refractivity contribution in [3.63, 3.8) is 0 Å². The Morgan fingerprint density at radius 1 is 0.729 bits per heavy atom. The molecule has 2 aliphatic heterocycles. The van der Waals surface area contributed by atoms with Crippen LogP contribution < -0.4 is 20.7 Å². The summed E-state index contributed by atoms with van der Waals surface area (Å²) >= 11 is 0. The molecule has 10 heteroatoms. The second kappa shape index (κ2) is 14.3. The number of nitrogens with zero attached hydrogens (tertiary/aromatic N) is 1. The number of aliphatic hydroxyl groups excluding tert-OH is 1. The maximum absolute atomic E-state index is 13.5. The molecule has 10 nitrogen and oxygen atoms in total. The average molecular weight is 783 g/mol. The van der Waals surface area contributed by atoms with Crippen LogP contribution in [0.25, 0.3) is 32.3 Å². The number of aliphatic hydroxyl groups is 1. The van der Waals surface area contributed by atoms with Gasteiger partial charge in [0.05, 0.1) is 27.4 Å². The Morgan fingerprint density at radius 3 is 1.98 bits per heavy atom. The second-order valence-electron chi connectivity index (χ2n) is 15.0. The van der Waals surface area contributed by atoms with Gasteiger partial charge in [0.2, 0.25) is 0 Å². The standard InChI is InChI=1S/C49H38N2O8/c1-55-38-22-18-36(19-23-38)49(35-9-4-3-5-10-35,37-20-24-39(56-2)25-21-37)58-29-48-28-57-43(44(48)52)46(59-48)51-27-34(45(53)50-47(51)54)16-12-30-11-13-33-15-14-31-7-6-8-32-17-26-40(30)42(33)41(31)32/h3-11,13-15,17-27,43-44,46,52H,28-29H2,1-2H3,(H,50,53,54)/t43-,44+,46-,48-/m1/s1. The number of rotatable bonds is 9. The molecule has 7 aromatic carbocycles. The summed E-state index contributed by atoms with van der Waals surface area (Å²) in [7, 11) is 3.23. The van der Waals surface area contributed by atoms with Crippen molar-refractivity contribution in [1.29, 1.82) is 0 Å². The van der Waals surface area contributed by atoms with E-state index in [4.69, 9.17) is 23.7 Å². The normalized spacial score (nSPS) is 19.9. The van der Waals surface area contributed by atoms with E-state index >= 15 is 0 Å². The first-order chi connectivity index (χ1) is 28.8. The Balaban J connectivity index is 1.00. The quantitative estimate of drug-likeness (QED) is 0.0924. The molecule has 4 atom stereocenters. The van der Waals surface area contributed by atoms with Crippen molar-refractivity contribution in [3.8, 4) is 23.3 Å². The Hall–Kier alpha value is -6.74. The van der Waals surface area contributed by atoms with Crippen LogP contribution in [0.2, 0.25) is 0 Å². The van der Waals surface area contributed by atoms with Crippen molar-refractivity contribution in [2.75, 3.05) is 27.4 Å². The van der Waals surface area contributed by atoms with Gasteiger partial charge in [-0.25, -0.2) is 4.79 Å². The molecule has 0 saturated carbocycles. The highest BCUT2D eigenvalue weighted by Gasteiger charge is 2.63. The minimum atomic E-state index is -1.38. The minimum absolute atomic E-state index is 0.00481. The fourth-order valence-electron chi connectivity index (χ4n) is 8.79. The highest BCUT2D eigenvalue weighted by Crippen LogP contribution is 2.48. The van der Waals surface area contributed by atoms with Gasteiger partial charge in [-0.1, -0.05) is 115 Å². The summed E-state index contributed by atoms with van der Waals surface area (Å²) in [6, 6.07) is 43.6. The number of aromatic nitrogens is 2. The molecule has 2 aliphatic rings. The van der Waals surface area contributed by atoms with E-state index in [2.05, 4.69) is 53.2 Å². The van der Waals surface area contributed by atoms with Gasteiger partial charge in [0, 0.05) is 11.8 Å². The Kier molecular flexibility index (Phi) is 8.85. The molecule has 0 spiro atoms. The summed E-state index contributed by atoms with van der Waals surface area (Å²) in [6.45, 7) is -0.127. The van der Waals surface area contributed by atoms with Gasteiger partial charge in [-0.05, 0) is 79.3 Å². The third-order valence-corrected chi connectivity index (χ3v) is 11.8. The minimum Gasteiger partial charge on any atom is -0.497 e. The molecule has 292 valence electrons. The molecule has 0 amide bonds. The molecule has 1 aromatic heterocycles. The van der Waals surface area contributed by atoms with Crippen molar-refractivity contribution in [2.24, 2.45) is 0 Å². The number of hydrogen-bond donors (Lipinski definition) is 2. The van der Waals surface area contributed by atoms with Gasteiger partial charge in [-0.15, -0.1) is 0 Å². The third kappa shape index (κ3) is 5.89. The summed E-state index contributed by atoms with van der Waals surface area (Å²) in [5.74, 6) is 7.58. The molecule has 2 bridgehead atoms. The lowest BCUT2D eigenvalue weighted by molar-refractivity contribution is -0.204. The molecule has 8 aromatic rings. The van der Waals surface area contributed by atoms with Crippen molar-refractivity contribution in [3.05, 3.63) is 188 Å². The number of aromatic amines is 1. The summed E-state index contributed by atoms with van der Waals surface area (Å²) in [6.07, 6.45) is -1.83. The lowest BCUT2D eigenvalue weighted by atomic mass is 9.79. The number of nitrogens with one attached hydrogen (secondary N) is 1. The molecule has 2 saturated heterocycles. The van der Waals surface area contributed by atoms with E-state index in [1.165, 1.54) is 10.8 Å². The Labute approximate surface area is 338 Å². The Bertz CT molecular complexity index is 2980. The van der Waals surface area contributed by atoms with E-state index in [1.54, 1.807) is 14.2 Å². The lowest BCUT2D eigenvalue weighted by Gasteiger charge is -2.39. The zero-order valence-corrected chi connectivity index (χ0v) is 32.2. The van der Waals surface area contributed by atoms with Crippen molar-refractivity contribution < 1.29 is 28.8 Å². The molecule has 0 unspecified atom stereocenters. The summed E-state index contributed by atoms with van der Waals surface area (Å²) < 4.78 is 32.1. The molecule has 2 fully saturated rings. The van der Waals surface area contributed by atoms with E-state index in [-0.39, 0.29) is 18.8 Å². The van der Waals surface area contributed by atoms with Crippen LogP contribution in [-0.2, 0) is 19.8 Å². The van der Waals surface area contributed by atoms with E-state index in [0.29, 0.717) is 11.5 Å². The van der Waals surface area contributed by atoms with Gasteiger partial charge in [0.1, 0.15) is 40.5 Å². The summed E-state index contributed by atoms with van der Waals surface area (Å²) in [5, 5.41) is 18.5. The first-order valence-corrected chi connectivity index (χ1v) is 19.3. The monoisotopic (exact) mass is 782 g/mol. The highest BCUT2D eigenvalue weighted by atomic mass is 16.7. The number of ether oxygens (including phenoxy) is 5. The number of benzene rings is 7. The van der Waals surface area contributed by atoms with Gasteiger partial charge in [0.15, 0.2) is 6.23 Å². The van der Waals surface area contributed by atoms with Crippen LogP contribution in [0.15, 0.2) is 149 Å². The summed E-state index contributed by atoms with van der Waals surface area (Å²) in [5.41, 5.74) is -0.693. The highest BCUT2D eigenvalue weighted by molar-refractivity contribution is 6.23. The first-order valence-electron chi connectivity index (χ1n) is 19.3. The number of methoxy groups -OCH3 is 2.